The van der Waals surface area contributed by atoms with Crippen LogP contribution in [0.3, 0.4) is 0 Å². The van der Waals surface area contributed by atoms with Crippen molar-refractivity contribution in [3.63, 3.8) is 0 Å². The molecule has 1 atom stereocenters. The summed E-state index contributed by atoms with van der Waals surface area (Å²) in [6.07, 6.45) is 3.90. The van der Waals surface area contributed by atoms with E-state index < -0.39 is 25.1 Å². The summed E-state index contributed by atoms with van der Waals surface area (Å²) in [5.74, 6) is -0.541. The number of hydrogen-bond acceptors (Lipinski definition) is 3. The van der Waals surface area contributed by atoms with Crippen molar-refractivity contribution in [3.8, 4) is 5.75 Å². The second-order valence-electron chi connectivity index (χ2n) is 5.79. The van der Waals surface area contributed by atoms with Gasteiger partial charge in [-0.25, -0.2) is 0 Å². The largest absolute Gasteiger partial charge is 0.497 e. The van der Waals surface area contributed by atoms with Crippen LogP contribution in [0.25, 0.3) is 0 Å². The van der Waals surface area contributed by atoms with Crippen molar-refractivity contribution in [2.75, 3.05) is 27.6 Å². The van der Waals surface area contributed by atoms with Crippen molar-refractivity contribution >= 4 is 0 Å². The smallest absolute Gasteiger partial charge is 0.118 e. The van der Waals surface area contributed by atoms with Crippen LogP contribution in [0.1, 0.15) is 50.4 Å². The molecule has 0 amide bonds. The first-order valence-corrected chi connectivity index (χ1v) is 7.14. The summed E-state index contributed by atoms with van der Waals surface area (Å²) in [7, 11) is 0.789. The number of aliphatic hydroxyl groups is 1. The molecule has 0 saturated heterocycles. The molecule has 1 N–H and O–H groups in total. The molecule has 112 valence electrons. The standard InChI is InChI=1S/C17H27NO2/c1-18(2)13-16(17(19)11-5-4-6-12-17)14-7-9-15(20-3)10-8-14/h7-10,16,19H,4-6,11-13H2,1-3H3/t16-/m1/s1/i3D3,13D2. The van der Waals surface area contributed by atoms with Gasteiger partial charge in [-0.3, -0.25) is 0 Å². The molecule has 1 aromatic carbocycles. The number of likely N-dealkylation sites (N-methyl/N-ethyl adjacent to an activating group) is 1. The van der Waals surface area contributed by atoms with Gasteiger partial charge in [0.25, 0.3) is 0 Å². The summed E-state index contributed by atoms with van der Waals surface area (Å²) in [5, 5.41) is 11.2. The zero-order valence-corrected chi connectivity index (χ0v) is 12.2. The maximum atomic E-state index is 11.2. The molecule has 0 heterocycles. The lowest BCUT2D eigenvalue weighted by molar-refractivity contribution is -0.0277. The fourth-order valence-electron chi connectivity index (χ4n) is 2.94. The third-order valence-corrected chi connectivity index (χ3v) is 3.98. The predicted molar refractivity (Wildman–Crippen MR) is 82.3 cm³/mol. The molecular formula is C17H27NO2. The SMILES string of the molecule is [2H]C([2H])([2H])Oc1ccc([C@H](C2(O)CCCCC2)C([2H])([2H])N(C)C)cc1. The first-order valence-electron chi connectivity index (χ1n) is 9.64. The van der Waals surface area contributed by atoms with E-state index >= 15 is 0 Å². The molecule has 0 bridgehead atoms. The van der Waals surface area contributed by atoms with E-state index in [4.69, 9.17) is 11.6 Å². The van der Waals surface area contributed by atoms with Crippen LogP contribution in [-0.4, -0.2) is 43.2 Å². The monoisotopic (exact) mass is 282 g/mol. The predicted octanol–water partition coefficient (Wildman–Crippen LogP) is 3.04. The molecule has 0 aliphatic heterocycles. The zero-order chi connectivity index (χ0) is 18.9. The van der Waals surface area contributed by atoms with Crippen LogP contribution >= 0.6 is 0 Å². The van der Waals surface area contributed by atoms with Gasteiger partial charge in [0.1, 0.15) is 5.75 Å². The summed E-state index contributed by atoms with van der Waals surface area (Å²) in [4.78, 5) is 1.48. The van der Waals surface area contributed by atoms with Gasteiger partial charge in [-0.1, -0.05) is 31.4 Å². The Morgan fingerprint density at radius 3 is 2.50 bits per heavy atom. The molecule has 0 unspecified atom stereocenters. The lowest BCUT2D eigenvalue weighted by Gasteiger charge is -2.40. The molecule has 1 aromatic rings. The molecule has 0 aromatic heterocycles. The van der Waals surface area contributed by atoms with E-state index in [0.29, 0.717) is 18.4 Å². The van der Waals surface area contributed by atoms with Gasteiger partial charge >= 0.3 is 0 Å². The Morgan fingerprint density at radius 1 is 1.30 bits per heavy atom. The molecule has 1 aliphatic carbocycles. The average Bonchev–Trinajstić information content (AvgIpc) is 2.48. The minimum Gasteiger partial charge on any atom is -0.497 e. The van der Waals surface area contributed by atoms with Gasteiger partial charge in [0, 0.05) is 15.2 Å². The molecule has 2 rings (SSSR count). The second-order valence-corrected chi connectivity index (χ2v) is 5.79. The molecule has 1 fully saturated rings. The third kappa shape index (κ3) is 3.53. The number of methoxy groups -OCH3 is 1. The van der Waals surface area contributed by atoms with Crippen LogP contribution in [-0.2, 0) is 0 Å². The Morgan fingerprint density at radius 2 is 1.95 bits per heavy atom. The molecular weight excluding hydrogens is 250 g/mol. The highest BCUT2D eigenvalue weighted by molar-refractivity contribution is 5.31. The fourth-order valence-corrected chi connectivity index (χ4v) is 2.94. The zero-order valence-electron chi connectivity index (χ0n) is 17.2. The van der Waals surface area contributed by atoms with Crippen molar-refractivity contribution < 1.29 is 16.7 Å². The lowest BCUT2D eigenvalue weighted by atomic mass is 9.72. The van der Waals surface area contributed by atoms with Crippen LogP contribution in [0.15, 0.2) is 24.3 Å². The number of rotatable bonds is 5. The minimum atomic E-state index is -2.53. The van der Waals surface area contributed by atoms with Crippen molar-refractivity contribution in [1.82, 2.24) is 4.90 Å². The Bertz CT molecular complexity index is 565. The highest BCUT2D eigenvalue weighted by atomic mass is 16.5. The van der Waals surface area contributed by atoms with Gasteiger partial charge in [0.15, 0.2) is 0 Å². The molecule has 0 radical (unpaired) electrons. The average molecular weight is 282 g/mol. The molecule has 0 spiro atoms. The highest BCUT2D eigenvalue weighted by Gasteiger charge is 2.38. The van der Waals surface area contributed by atoms with Crippen LogP contribution in [0, 0.1) is 0 Å². The van der Waals surface area contributed by atoms with Gasteiger partial charge in [-0.05, 0) is 44.6 Å². The second kappa shape index (κ2) is 6.59. The first kappa shape index (κ1) is 9.80. The van der Waals surface area contributed by atoms with Crippen LogP contribution in [0.2, 0.25) is 0 Å². The Balaban J connectivity index is 2.38. The van der Waals surface area contributed by atoms with Crippen molar-refractivity contribution in [3.05, 3.63) is 29.8 Å². The van der Waals surface area contributed by atoms with Crippen molar-refractivity contribution in [1.29, 1.82) is 0 Å². The normalized spacial score (nSPS) is 24.9. The molecule has 3 nitrogen and oxygen atoms in total. The maximum Gasteiger partial charge on any atom is 0.118 e. The number of hydrogen-bond donors (Lipinski definition) is 1. The van der Waals surface area contributed by atoms with E-state index in [2.05, 4.69) is 0 Å². The van der Waals surface area contributed by atoms with E-state index in [0.717, 1.165) is 19.3 Å². The minimum absolute atomic E-state index is 0.198. The van der Waals surface area contributed by atoms with Crippen molar-refractivity contribution in [2.45, 2.75) is 43.6 Å². The van der Waals surface area contributed by atoms with E-state index in [1.807, 2.05) is 0 Å². The van der Waals surface area contributed by atoms with Gasteiger partial charge in [-0.15, -0.1) is 0 Å². The topological polar surface area (TPSA) is 32.7 Å². The Kier molecular flexibility index (Phi) is 3.23. The number of ether oxygens (including phenoxy) is 1. The molecule has 3 heteroatoms. The van der Waals surface area contributed by atoms with Gasteiger partial charge in [0.2, 0.25) is 0 Å². The van der Waals surface area contributed by atoms with Crippen LogP contribution in [0.4, 0.5) is 0 Å². The van der Waals surface area contributed by atoms with Crippen molar-refractivity contribution in [2.24, 2.45) is 0 Å². The van der Waals surface area contributed by atoms with Gasteiger partial charge < -0.3 is 14.7 Å². The number of nitrogens with zero attached hydrogens (tertiary/aromatic N) is 1. The Hall–Kier alpha value is -1.06. The summed E-state index contributed by atoms with van der Waals surface area (Å²) in [5.41, 5.74) is -0.487. The third-order valence-electron chi connectivity index (χ3n) is 3.98. The lowest BCUT2D eigenvalue weighted by Crippen LogP contribution is -2.42. The molecule has 1 saturated carbocycles. The van der Waals surface area contributed by atoms with Gasteiger partial charge in [0.05, 0.1) is 16.8 Å². The van der Waals surface area contributed by atoms with Crippen LogP contribution < -0.4 is 4.74 Å². The summed E-state index contributed by atoms with van der Waals surface area (Å²) < 4.78 is 43.4. The summed E-state index contributed by atoms with van der Waals surface area (Å²) in [6, 6.07) is 6.35. The molecule has 20 heavy (non-hydrogen) atoms. The highest BCUT2D eigenvalue weighted by Crippen LogP contribution is 2.40. The van der Waals surface area contributed by atoms with E-state index in [9.17, 15) is 5.11 Å². The van der Waals surface area contributed by atoms with E-state index in [1.54, 1.807) is 26.2 Å². The quantitative estimate of drug-likeness (QED) is 0.901. The summed E-state index contributed by atoms with van der Waals surface area (Å²) >= 11 is 0. The Labute approximate surface area is 129 Å². The maximum absolute atomic E-state index is 11.2. The van der Waals surface area contributed by atoms with E-state index in [-0.39, 0.29) is 5.75 Å². The summed E-state index contributed by atoms with van der Waals surface area (Å²) in [6.45, 7) is -1.75. The molecule has 1 aliphatic rings. The number of benzene rings is 1. The first-order chi connectivity index (χ1) is 11.5. The fraction of sp³-hybridized carbons (Fsp3) is 0.647. The van der Waals surface area contributed by atoms with Crippen LogP contribution in [0.5, 0.6) is 5.75 Å². The van der Waals surface area contributed by atoms with Gasteiger partial charge in [-0.2, -0.15) is 0 Å². The van der Waals surface area contributed by atoms with E-state index in [1.165, 1.54) is 17.0 Å².